The quantitative estimate of drug-likeness (QED) is 0.162. The van der Waals surface area contributed by atoms with E-state index in [4.69, 9.17) is 9.72 Å². The van der Waals surface area contributed by atoms with Crippen LogP contribution in [-0.2, 0) is 26.5 Å². The number of hydrogen-bond donors (Lipinski definition) is 0. The van der Waals surface area contributed by atoms with Crippen LogP contribution in [0.15, 0.2) is 128 Å². The van der Waals surface area contributed by atoms with Gasteiger partial charge in [-0.2, -0.15) is 12.7 Å². The Balaban J connectivity index is 0.00000361. The molecule has 1 aliphatic rings. The van der Waals surface area contributed by atoms with E-state index in [1.807, 2.05) is 43.3 Å². The molecule has 9 rings (SSSR count). The maximum Gasteiger partial charge on any atom is 0.137 e. The van der Waals surface area contributed by atoms with Gasteiger partial charge in [0.1, 0.15) is 5.82 Å². The molecule has 1 aliphatic heterocycles. The Morgan fingerprint density at radius 3 is 2.08 bits per heavy atom. The summed E-state index contributed by atoms with van der Waals surface area (Å²) in [6, 6.07) is 45.2. The average molecular weight is 832 g/mol. The summed E-state index contributed by atoms with van der Waals surface area (Å²) in [6.45, 7) is 8.66. The fourth-order valence-corrected chi connectivity index (χ4v) is 6.87. The molecule has 0 amide bonds. The third-order valence-corrected chi connectivity index (χ3v) is 9.31. The van der Waals surface area contributed by atoms with E-state index >= 15 is 0 Å². The fraction of sp³-hybridized carbons (Fsp3) is 0.116. The molecule has 0 aliphatic carbocycles. The SMILES string of the molecule is CN1C=CN(c2[c-]c(Oc3[c-]c4c(cc3)c3ccccc3n4-c3cc4c(cn3)c3ccccc3n4-c3ccccc3)cc(C(C)(C)C)c2)[CH-]1.[Pt]. The van der Waals surface area contributed by atoms with Crippen LogP contribution in [0.2, 0.25) is 0 Å². The second-order valence-corrected chi connectivity index (χ2v) is 13.6. The number of hydrogen-bond acceptors (Lipinski definition) is 4. The summed E-state index contributed by atoms with van der Waals surface area (Å²) in [5.41, 5.74) is 7.31. The molecular weight excluding hydrogens is 798 g/mol. The van der Waals surface area contributed by atoms with Gasteiger partial charge < -0.3 is 23.7 Å². The van der Waals surface area contributed by atoms with E-state index in [1.54, 1.807) is 0 Å². The van der Waals surface area contributed by atoms with E-state index in [-0.39, 0.29) is 26.5 Å². The van der Waals surface area contributed by atoms with Crippen LogP contribution in [0.1, 0.15) is 26.3 Å². The summed E-state index contributed by atoms with van der Waals surface area (Å²) in [4.78, 5) is 9.16. The van der Waals surface area contributed by atoms with Gasteiger partial charge >= 0.3 is 0 Å². The topological polar surface area (TPSA) is 38.5 Å². The second kappa shape index (κ2) is 12.2. The third kappa shape index (κ3) is 5.35. The third-order valence-electron chi connectivity index (χ3n) is 9.31. The van der Waals surface area contributed by atoms with E-state index in [1.165, 1.54) is 5.39 Å². The minimum absolute atomic E-state index is 0. The van der Waals surface area contributed by atoms with E-state index < -0.39 is 0 Å². The molecule has 0 atom stereocenters. The van der Waals surface area contributed by atoms with Crippen LogP contribution in [0.4, 0.5) is 5.69 Å². The van der Waals surface area contributed by atoms with Gasteiger partial charge in [0.15, 0.2) is 0 Å². The predicted molar refractivity (Wildman–Crippen MR) is 199 cm³/mol. The fourth-order valence-electron chi connectivity index (χ4n) is 6.87. The first kappa shape index (κ1) is 31.9. The molecular formula is C43H34N5OPt-3. The first-order valence-electron chi connectivity index (χ1n) is 16.5. The number of nitrogens with zero attached hydrogens (tertiary/aromatic N) is 5. The van der Waals surface area contributed by atoms with Crippen LogP contribution in [0.3, 0.4) is 0 Å². The zero-order valence-electron chi connectivity index (χ0n) is 28.2. The zero-order valence-corrected chi connectivity index (χ0v) is 30.4. The number of aromatic nitrogens is 3. The molecule has 0 N–H and O–H groups in total. The Bertz CT molecular complexity index is 2580. The Morgan fingerprint density at radius 1 is 0.660 bits per heavy atom. The molecule has 0 spiro atoms. The summed E-state index contributed by atoms with van der Waals surface area (Å²) in [5.74, 6) is 2.07. The number of ether oxygens (including phenoxy) is 1. The summed E-state index contributed by atoms with van der Waals surface area (Å²) in [6.07, 6.45) is 6.05. The molecule has 0 fully saturated rings. The van der Waals surface area contributed by atoms with Crippen molar-refractivity contribution in [3.63, 3.8) is 0 Å². The number of anilines is 1. The molecule has 50 heavy (non-hydrogen) atoms. The monoisotopic (exact) mass is 831 g/mol. The van der Waals surface area contributed by atoms with Gasteiger partial charge in [-0.15, -0.1) is 47.0 Å². The summed E-state index contributed by atoms with van der Waals surface area (Å²) in [7, 11) is 2.01. The van der Waals surface area contributed by atoms with Gasteiger partial charge in [0, 0.05) is 66.8 Å². The minimum Gasteiger partial charge on any atom is -0.510 e. The zero-order chi connectivity index (χ0) is 33.3. The Kier molecular flexibility index (Phi) is 7.80. The van der Waals surface area contributed by atoms with Crippen LogP contribution in [0.25, 0.3) is 55.1 Å². The molecule has 250 valence electrons. The van der Waals surface area contributed by atoms with Gasteiger partial charge in [0.25, 0.3) is 0 Å². The number of pyridine rings is 1. The van der Waals surface area contributed by atoms with Gasteiger partial charge in [-0.25, -0.2) is 4.98 Å². The van der Waals surface area contributed by atoms with Crippen molar-refractivity contribution in [2.24, 2.45) is 0 Å². The molecule has 5 aromatic carbocycles. The van der Waals surface area contributed by atoms with Crippen molar-refractivity contribution in [2.75, 3.05) is 11.9 Å². The maximum absolute atomic E-state index is 6.60. The van der Waals surface area contributed by atoms with Crippen molar-refractivity contribution in [3.05, 3.63) is 152 Å². The number of rotatable bonds is 5. The van der Waals surface area contributed by atoms with Gasteiger partial charge in [-0.3, -0.25) is 0 Å². The molecule has 0 radical (unpaired) electrons. The molecule has 0 saturated heterocycles. The van der Waals surface area contributed by atoms with Crippen LogP contribution in [0.5, 0.6) is 11.5 Å². The number of para-hydroxylation sites is 3. The largest absolute Gasteiger partial charge is 0.510 e. The summed E-state index contributed by atoms with van der Waals surface area (Å²) in [5, 5.41) is 4.50. The van der Waals surface area contributed by atoms with Gasteiger partial charge in [0.05, 0.1) is 11.0 Å². The normalized spacial score (nSPS) is 13.2. The van der Waals surface area contributed by atoms with E-state index in [2.05, 4.69) is 150 Å². The van der Waals surface area contributed by atoms with Gasteiger partial charge in [-0.1, -0.05) is 80.9 Å². The van der Waals surface area contributed by atoms with Crippen molar-refractivity contribution in [1.82, 2.24) is 19.0 Å². The summed E-state index contributed by atoms with van der Waals surface area (Å²) >= 11 is 0. The van der Waals surface area contributed by atoms with Crippen LogP contribution in [0, 0.1) is 18.8 Å². The Labute approximate surface area is 306 Å². The van der Waals surface area contributed by atoms with E-state index in [0.29, 0.717) is 11.5 Å². The molecule has 0 saturated carbocycles. The van der Waals surface area contributed by atoms with Crippen molar-refractivity contribution in [1.29, 1.82) is 0 Å². The van der Waals surface area contributed by atoms with Crippen LogP contribution >= 0.6 is 0 Å². The molecule has 0 bridgehead atoms. The Hall–Kier alpha value is -5.32. The van der Waals surface area contributed by atoms with Crippen molar-refractivity contribution in [2.45, 2.75) is 26.2 Å². The minimum atomic E-state index is -0.0794. The summed E-state index contributed by atoms with van der Waals surface area (Å²) < 4.78 is 11.1. The maximum atomic E-state index is 6.60. The van der Waals surface area contributed by atoms with E-state index in [0.717, 1.165) is 61.0 Å². The molecule has 8 aromatic rings. The average Bonchev–Trinajstić information content (AvgIpc) is 3.79. The van der Waals surface area contributed by atoms with Gasteiger partial charge in [-0.05, 0) is 54.5 Å². The molecule has 0 unspecified atom stereocenters. The first-order chi connectivity index (χ1) is 23.8. The number of benzene rings is 5. The van der Waals surface area contributed by atoms with Crippen LogP contribution < -0.4 is 9.64 Å². The standard InChI is InChI=1S/C43H34N5O.Pt/c1-43(2,3)29-22-31(46-21-20-45(4)28-46)24-33(23-29)49-32-18-19-36-34-14-8-11-17-39(34)48(40(36)25-32)42-26-41-37(27-44-42)35-15-9-10-16-38(35)47(41)30-12-6-5-7-13-30;/h5-23,26-28H,1-4H3;/q-3;. The van der Waals surface area contributed by atoms with Crippen molar-refractivity contribution in [3.8, 4) is 23.0 Å². The molecule has 3 aromatic heterocycles. The first-order valence-corrected chi connectivity index (χ1v) is 16.5. The molecule has 4 heterocycles. The van der Waals surface area contributed by atoms with Gasteiger partial charge in [0.2, 0.25) is 0 Å². The van der Waals surface area contributed by atoms with Crippen molar-refractivity contribution < 1.29 is 25.8 Å². The van der Waals surface area contributed by atoms with Crippen LogP contribution in [-0.4, -0.2) is 26.1 Å². The van der Waals surface area contributed by atoms with Crippen molar-refractivity contribution >= 4 is 49.3 Å². The second-order valence-electron chi connectivity index (χ2n) is 13.6. The smallest absolute Gasteiger partial charge is 0.137 e. The van der Waals surface area contributed by atoms with E-state index in [9.17, 15) is 0 Å². The number of fused-ring (bicyclic) bond motifs is 6. The molecule has 7 heteroatoms. The Morgan fingerprint density at radius 2 is 1.36 bits per heavy atom. The molecule has 6 nitrogen and oxygen atoms in total. The predicted octanol–water partition coefficient (Wildman–Crippen LogP) is 10.3.